The number of sulfonamides is 1. The molecule has 2 aromatic rings. The second-order valence-corrected chi connectivity index (χ2v) is 6.16. The molecule has 0 aliphatic rings. The van der Waals surface area contributed by atoms with Crippen LogP contribution in [0.5, 0.6) is 0 Å². The van der Waals surface area contributed by atoms with E-state index in [2.05, 4.69) is 10.3 Å². The van der Waals surface area contributed by atoms with Gasteiger partial charge in [-0.1, -0.05) is 12.1 Å². The highest BCUT2D eigenvalue weighted by Crippen LogP contribution is 2.22. The first-order valence-electron chi connectivity index (χ1n) is 6.16. The van der Waals surface area contributed by atoms with Gasteiger partial charge in [0.15, 0.2) is 0 Å². The molecule has 1 aromatic heterocycles. The first-order valence-corrected chi connectivity index (χ1v) is 7.70. The average Bonchev–Trinajstić information content (AvgIpc) is 2.38. The lowest BCUT2D eigenvalue weighted by atomic mass is 10.2. The molecule has 0 atom stereocenters. The number of benzene rings is 1. The summed E-state index contributed by atoms with van der Waals surface area (Å²) in [5.74, 6) is 0. The van der Waals surface area contributed by atoms with Gasteiger partial charge in [-0.15, -0.1) is 0 Å². The Balaban J connectivity index is 2.20. The predicted molar refractivity (Wildman–Crippen MR) is 78.9 cm³/mol. The first-order chi connectivity index (χ1) is 9.38. The van der Waals surface area contributed by atoms with Gasteiger partial charge in [0, 0.05) is 24.1 Å². The molecule has 2 rings (SSSR count). The van der Waals surface area contributed by atoms with Crippen molar-refractivity contribution in [3.8, 4) is 0 Å². The third-order valence-electron chi connectivity index (χ3n) is 3.05. The summed E-state index contributed by atoms with van der Waals surface area (Å²) in [6, 6.07) is 8.91. The van der Waals surface area contributed by atoms with Crippen LogP contribution in [0.3, 0.4) is 0 Å². The third-order valence-corrected chi connectivity index (χ3v) is 4.10. The maximum absolute atomic E-state index is 11.5. The molecule has 0 saturated heterocycles. The molecule has 0 aliphatic heterocycles. The number of anilines is 1. The lowest BCUT2D eigenvalue weighted by molar-refractivity contribution is 0.597. The smallest absolute Gasteiger partial charge is 0.238 e. The number of pyridine rings is 1. The van der Waals surface area contributed by atoms with Crippen LogP contribution in [0.1, 0.15) is 16.8 Å². The van der Waals surface area contributed by atoms with Crippen molar-refractivity contribution in [2.45, 2.75) is 25.3 Å². The Morgan fingerprint density at radius 2 is 1.95 bits per heavy atom. The van der Waals surface area contributed by atoms with Crippen molar-refractivity contribution >= 4 is 15.7 Å². The zero-order valence-corrected chi connectivity index (χ0v) is 12.2. The number of aromatic nitrogens is 1. The van der Waals surface area contributed by atoms with Crippen LogP contribution in [0.2, 0.25) is 0 Å². The molecule has 0 spiro atoms. The van der Waals surface area contributed by atoms with E-state index in [1.165, 1.54) is 6.07 Å². The number of nitrogens with two attached hydrogens (primary N) is 1. The van der Waals surface area contributed by atoms with Gasteiger partial charge >= 0.3 is 0 Å². The molecule has 1 heterocycles. The van der Waals surface area contributed by atoms with Crippen molar-refractivity contribution in [2.24, 2.45) is 5.14 Å². The van der Waals surface area contributed by atoms with Gasteiger partial charge in [0.25, 0.3) is 0 Å². The van der Waals surface area contributed by atoms with Crippen LogP contribution in [0.15, 0.2) is 41.4 Å². The Morgan fingerprint density at radius 1 is 1.20 bits per heavy atom. The highest BCUT2D eigenvalue weighted by Gasteiger charge is 2.13. The maximum Gasteiger partial charge on any atom is 0.238 e. The molecule has 20 heavy (non-hydrogen) atoms. The van der Waals surface area contributed by atoms with Crippen molar-refractivity contribution in [3.05, 3.63) is 53.3 Å². The summed E-state index contributed by atoms with van der Waals surface area (Å²) < 4.78 is 22.9. The van der Waals surface area contributed by atoms with Crippen molar-refractivity contribution < 1.29 is 8.42 Å². The molecular weight excluding hydrogens is 274 g/mol. The third kappa shape index (κ3) is 3.34. The van der Waals surface area contributed by atoms with Crippen LogP contribution in [0.4, 0.5) is 5.69 Å². The predicted octanol–water partition coefficient (Wildman–Crippen LogP) is 1.96. The summed E-state index contributed by atoms with van der Waals surface area (Å²) in [5.41, 5.74) is 3.35. The molecular formula is C14H17N3O2S. The highest BCUT2D eigenvalue weighted by molar-refractivity contribution is 7.89. The Kier molecular flexibility index (Phi) is 4.06. The standard InChI is InChI=1S/C14H17N3O2S/c1-10-6-7-12(8-16-10)9-17-13-4-3-5-14(11(13)2)20(15,18)19/h3-8,17H,9H2,1-2H3,(H2,15,18,19). The van der Waals surface area contributed by atoms with E-state index in [0.717, 1.165) is 16.9 Å². The topological polar surface area (TPSA) is 85.1 Å². The van der Waals surface area contributed by atoms with Gasteiger partial charge in [0.2, 0.25) is 10.0 Å². The lowest BCUT2D eigenvalue weighted by Crippen LogP contribution is -2.14. The fourth-order valence-corrected chi connectivity index (χ4v) is 2.72. The fourth-order valence-electron chi connectivity index (χ4n) is 1.91. The van der Waals surface area contributed by atoms with Crippen LogP contribution in [-0.2, 0) is 16.6 Å². The van der Waals surface area contributed by atoms with Crippen LogP contribution < -0.4 is 10.5 Å². The minimum Gasteiger partial charge on any atom is -0.381 e. The van der Waals surface area contributed by atoms with Gasteiger partial charge in [-0.25, -0.2) is 13.6 Å². The quantitative estimate of drug-likeness (QED) is 0.901. The van der Waals surface area contributed by atoms with E-state index >= 15 is 0 Å². The SMILES string of the molecule is Cc1ccc(CNc2cccc(S(N)(=O)=O)c2C)cn1. The van der Waals surface area contributed by atoms with E-state index in [1.54, 1.807) is 19.2 Å². The van der Waals surface area contributed by atoms with Gasteiger partial charge in [0.05, 0.1) is 4.90 Å². The monoisotopic (exact) mass is 291 g/mol. The molecule has 0 aliphatic carbocycles. The lowest BCUT2D eigenvalue weighted by Gasteiger charge is -2.12. The molecule has 0 amide bonds. The number of nitrogens with one attached hydrogen (secondary N) is 1. The molecule has 1 aromatic carbocycles. The largest absolute Gasteiger partial charge is 0.381 e. The van der Waals surface area contributed by atoms with E-state index in [1.807, 2.05) is 25.1 Å². The summed E-state index contributed by atoms with van der Waals surface area (Å²) >= 11 is 0. The number of primary sulfonamides is 1. The Morgan fingerprint density at radius 3 is 2.55 bits per heavy atom. The minimum absolute atomic E-state index is 0.143. The van der Waals surface area contributed by atoms with Crippen LogP contribution in [0.25, 0.3) is 0 Å². The van der Waals surface area contributed by atoms with Gasteiger partial charge in [0.1, 0.15) is 0 Å². The number of rotatable bonds is 4. The van der Waals surface area contributed by atoms with Crippen LogP contribution >= 0.6 is 0 Å². The highest BCUT2D eigenvalue weighted by atomic mass is 32.2. The molecule has 0 bridgehead atoms. The van der Waals surface area contributed by atoms with E-state index < -0.39 is 10.0 Å². The molecule has 5 nitrogen and oxygen atoms in total. The fraction of sp³-hybridized carbons (Fsp3) is 0.214. The zero-order chi connectivity index (χ0) is 14.8. The van der Waals surface area contributed by atoms with E-state index in [-0.39, 0.29) is 4.90 Å². The van der Waals surface area contributed by atoms with Gasteiger partial charge in [-0.2, -0.15) is 0 Å². The number of hydrogen-bond acceptors (Lipinski definition) is 4. The molecule has 0 radical (unpaired) electrons. The first kappa shape index (κ1) is 14.5. The number of aryl methyl sites for hydroxylation is 1. The summed E-state index contributed by atoms with van der Waals surface area (Å²) in [6.07, 6.45) is 1.79. The van der Waals surface area contributed by atoms with Crippen LogP contribution in [-0.4, -0.2) is 13.4 Å². The molecule has 3 N–H and O–H groups in total. The van der Waals surface area contributed by atoms with Crippen LogP contribution in [0, 0.1) is 13.8 Å². The second-order valence-electron chi connectivity index (χ2n) is 4.64. The molecule has 6 heteroatoms. The summed E-state index contributed by atoms with van der Waals surface area (Å²) in [4.78, 5) is 4.36. The van der Waals surface area contributed by atoms with Crippen molar-refractivity contribution in [1.29, 1.82) is 0 Å². The van der Waals surface area contributed by atoms with Gasteiger partial charge < -0.3 is 5.32 Å². The Labute approximate surface area is 118 Å². The van der Waals surface area contributed by atoms with E-state index in [0.29, 0.717) is 12.1 Å². The molecule has 0 fully saturated rings. The zero-order valence-electron chi connectivity index (χ0n) is 11.4. The summed E-state index contributed by atoms with van der Waals surface area (Å²) in [7, 11) is -3.70. The molecule has 0 saturated carbocycles. The van der Waals surface area contributed by atoms with Gasteiger partial charge in [-0.3, -0.25) is 4.98 Å². The second kappa shape index (κ2) is 5.60. The van der Waals surface area contributed by atoms with Crippen molar-refractivity contribution in [2.75, 3.05) is 5.32 Å². The van der Waals surface area contributed by atoms with Crippen molar-refractivity contribution in [1.82, 2.24) is 4.98 Å². The number of hydrogen-bond donors (Lipinski definition) is 2. The number of nitrogens with zero attached hydrogens (tertiary/aromatic N) is 1. The minimum atomic E-state index is -3.70. The normalized spacial score (nSPS) is 11.3. The average molecular weight is 291 g/mol. The molecule has 0 unspecified atom stereocenters. The Bertz CT molecular complexity index is 710. The summed E-state index contributed by atoms with van der Waals surface area (Å²) in [5, 5.41) is 8.39. The van der Waals surface area contributed by atoms with E-state index in [4.69, 9.17) is 5.14 Å². The Hall–Kier alpha value is -1.92. The summed E-state index contributed by atoms with van der Waals surface area (Å²) in [6.45, 7) is 4.23. The molecule has 106 valence electrons. The maximum atomic E-state index is 11.5. The van der Waals surface area contributed by atoms with Gasteiger partial charge in [-0.05, 0) is 43.2 Å². The van der Waals surface area contributed by atoms with Crippen molar-refractivity contribution in [3.63, 3.8) is 0 Å². The van der Waals surface area contributed by atoms with E-state index in [9.17, 15) is 8.42 Å².